The summed E-state index contributed by atoms with van der Waals surface area (Å²) >= 11 is 6.23. The molecule has 4 amide bonds. The van der Waals surface area contributed by atoms with E-state index >= 15 is 0 Å². The Balaban J connectivity index is 1.51. The van der Waals surface area contributed by atoms with Gasteiger partial charge >= 0.3 is 6.03 Å². The van der Waals surface area contributed by atoms with Crippen molar-refractivity contribution in [3.63, 3.8) is 0 Å². The second-order valence-corrected chi connectivity index (χ2v) is 7.67. The second-order valence-electron chi connectivity index (χ2n) is 7.26. The van der Waals surface area contributed by atoms with Crippen LogP contribution in [0.15, 0.2) is 48.5 Å². The highest BCUT2D eigenvalue weighted by Crippen LogP contribution is 2.33. The molecule has 4 rings (SSSR count). The highest BCUT2D eigenvalue weighted by atomic mass is 35.5. The normalized spacial score (nSPS) is 21.5. The molecule has 7 heteroatoms. The summed E-state index contributed by atoms with van der Waals surface area (Å²) in [6, 6.07) is 14.3. The molecule has 28 heavy (non-hydrogen) atoms. The Labute approximate surface area is 168 Å². The molecule has 0 unspecified atom stereocenters. The van der Waals surface area contributed by atoms with Gasteiger partial charge in [0.05, 0.1) is 0 Å². The lowest BCUT2D eigenvalue weighted by Gasteiger charge is -2.30. The van der Waals surface area contributed by atoms with E-state index in [1.807, 2.05) is 18.2 Å². The van der Waals surface area contributed by atoms with Gasteiger partial charge in [0.25, 0.3) is 5.91 Å². The first-order valence-electron chi connectivity index (χ1n) is 9.14. The zero-order valence-corrected chi connectivity index (χ0v) is 16.2. The number of hydrogen-bond donors (Lipinski definition) is 1. The van der Waals surface area contributed by atoms with Crippen LogP contribution in [0.2, 0.25) is 5.02 Å². The Morgan fingerprint density at radius 1 is 1.11 bits per heavy atom. The first-order valence-corrected chi connectivity index (χ1v) is 9.51. The Morgan fingerprint density at radius 2 is 1.79 bits per heavy atom. The molecule has 6 nitrogen and oxygen atoms in total. The number of hydrogen-bond acceptors (Lipinski definition) is 3. The molecular formula is C21H20ClN3O3. The van der Waals surface area contributed by atoms with Gasteiger partial charge in [-0.3, -0.25) is 14.5 Å². The van der Waals surface area contributed by atoms with Crippen LogP contribution in [0.5, 0.6) is 0 Å². The Morgan fingerprint density at radius 3 is 2.54 bits per heavy atom. The number of rotatable bonds is 3. The predicted octanol–water partition coefficient (Wildman–Crippen LogP) is 2.69. The Hall–Kier alpha value is -2.86. The lowest BCUT2D eigenvalue weighted by atomic mass is 9.92. The summed E-state index contributed by atoms with van der Waals surface area (Å²) in [5.41, 5.74) is 1.55. The van der Waals surface area contributed by atoms with E-state index in [9.17, 15) is 14.4 Å². The first kappa shape index (κ1) is 18.5. The molecule has 0 saturated carbocycles. The maximum absolute atomic E-state index is 13.0. The van der Waals surface area contributed by atoms with Crippen molar-refractivity contribution in [2.24, 2.45) is 0 Å². The average Bonchev–Trinajstić information content (AvgIpc) is 2.91. The summed E-state index contributed by atoms with van der Waals surface area (Å²) in [7, 11) is 0. The van der Waals surface area contributed by atoms with E-state index in [2.05, 4.69) is 11.4 Å². The number of nitrogens with one attached hydrogen (secondary N) is 1. The van der Waals surface area contributed by atoms with Crippen LogP contribution in [-0.2, 0) is 28.1 Å². The molecule has 1 fully saturated rings. The van der Waals surface area contributed by atoms with Crippen molar-refractivity contribution >= 4 is 29.4 Å². The maximum atomic E-state index is 13.0. The fraction of sp³-hybridized carbons (Fsp3) is 0.286. The molecule has 2 aromatic rings. The number of amides is 4. The van der Waals surface area contributed by atoms with Crippen LogP contribution in [-0.4, -0.2) is 40.7 Å². The molecule has 2 aliphatic heterocycles. The van der Waals surface area contributed by atoms with Gasteiger partial charge in [0, 0.05) is 23.7 Å². The van der Waals surface area contributed by atoms with Gasteiger partial charge in [0.1, 0.15) is 12.1 Å². The van der Waals surface area contributed by atoms with Crippen molar-refractivity contribution in [2.75, 3.05) is 13.1 Å². The van der Waals surface area contributed by atoms with E-state index in [1.165, 1.54) is 5.56 Å². The number of urea groups is 1. The number of benzene rings is 2. The van der Waals surface area contributed by atoms with Crippen molar-refractivity contribution in [1.29, 1.82) is 0 Å². The molecular weight excluding hydrogens is 378 g/mol. The van der Waals surface area contributed by atoms with Crippen LogP contribution in [0, 0.1) is 0 Å². The molecule has 1 N–H and O–H groups in total. The van der Waals surface area contributed by atoms with E-state index in [1.54, 1.807) is 36.1 Å². The van der Waals surface area contributed by atoms with Crippen LogP contribution in [0.25, 0.3) is 0 Å². The Kier molecular flexibility index (Phi) is 4.59. The first-order chi connectivity index (χ1) is 13.4. The van der Waals surface area contributed by atoms with Crippen LogP contribution < -0.4 is 5.32 Å². The number of imide groups is 1. The van der Waals surface area contributed by atoms with Crippen molar-refractivity contribution in [3.8, 4) is 0 Å². The summed E-state index contributed by atoms with van der Waals surface area (Å²) in [6.07, 6.45) is 0.763. The van der Waals surface area contributed by atoms with Gasteiger partial charge in [-0.25, -0.2) is 4.79 Å². The van der Waals surface area contributed by atoms with Crippen molar-refractivity contribution < 1.29 is 14.4 Å². The fourth-order valence-electron chi connectivity index (χ4n) is 3.83. The monoisotopic (exact) mass is 397 g/mol. The zero-order chi connectivity index (χ0) is 19.9. The van der Waals surface area contributed by atoms with Crippen molar-refractivity contribution in [3.05, 3.63) is 70.2 Å². The lowest BCUT2D eigenvalue weighted by Crippen LogP contribution is -2.45. The van der Waals surface area contributed by atoms with Crippen molar-refractivity contribution in [2.45, 2.75) is 25.4 Å². The summed E-state index contributed by atoms with van der Waals surface area (Å²) in [5.74, 6) is -0.724. The SMILES string of the molecule is C[C@@]1(c2ccccc2Cl)NC(=O)N(CC(=O)N2CCc3ccccc3C2)C1=O. The number of halogens is 1. The van der Waals surface area contributed by atoms with E-state index in [4.69, 9.17) is 11.6 Å². The van der Waals surface area contributed by atoms with Gasteiger partial charge in [-0.1, -0.05) is 54.1 Å². The van der Waals surface area contributed by atoms with Crippen LogP contribution in [0.3, 0.4) is 0 Å². The van der Waals surface area contributed by atoms with E-state index in [-0.39, 0.29) is 12.5 Å². The third-order valence-corrected chi connectivity index (χ3v) is 5.79. The lowest BCUT2D eigenvalue weighted by molar-refractivity contribution is -0.139. The summed E-state index contributed by atoms with van der Waals surface area (Å²) < 4.78 is 0. The van der Waals surface area contributed by atoms with E-state index in [0.29, 0.717) is 23.7 Å². The third kappa shape index (κ3) is 3.03. The average molecular weight is 398 g/mol. The predicted molar refractivity (Wildman–Crippen MR) is 105 cm³/mol. The van der Waals surface area contributed by atoms with Crippen LogP contribution >= 0.6 is 11.6 Å². The number of carbonyl (C=O) groups excluding carboxylic acids is 3. The van der Waals surface area contributed by atoms with Gasteiger partial charge in [-0.15, -0.1) is 0 Å². The fourth-order valence-corrected chi connectivity index (χ4v) is 4.16. The maximum Gasteiger partial charge on any atom is 0.325 e. The van der Waals surface area contributed by atoms with Crippen LogP contribution in [0.4, 0.5) is 4.79 Å². The van der Waals surface area contributed by atoms with Crippen molar-refractivity contribution in [1.82, 2.24) is 15.1 Å². The molecule has 2 aliphatic rings. The molecule has 0 bridgehead atoms. The minimum Gasteiger partial charge on any atom is -0.336 e. The number of fused-ring (bicyclic) bond motifs is 1. The van der Waals surface area contributed by atoms with Crippen LogP contribution in [0.1, 0.15) is 23.6 Å². The molecule has 0 radical (unpaired) electrons. The highest BCUT2D eigenvalue weighted by molar-refractivity contribution is 6.32. The van der Waals surface area contributed by atoms with Gasteiger partial charge in [-0.2, -0.15) is 0 Å². The zero-order valence-electron chi connectivity index (χ0n) is 15.4. The molecule has 0 aliphatic carbocycles. The van der Waals surface area contributed by atoms with Gasteiger partial charge in [-0.05, 0) is 30.5 Å². The number of carbonyl (C=O) groups is 3. The van der Waals surface area contributed by atoms with E-state index < -0.39 is 17.5 Å². The molecule has 2 aromatic carbocycles. The second kappa shape index (κ2) is 6.95. The highest BCUT2D eigenvalue weighted by Gasteiger charge is 2.50. The largest absolute Gasteiger partial charge is 0.336 e. The standard InChI is InChI=1S/C21H20ClN3O3/c1-21(16-8-4-5-9-17(16)22)19(27)25(20(28)23-21)13-18(26)24-11-10-14-6-2-3-7-15(14)12-24/h2-9H,10-13H2,1H3,(H,23,28)/t21-/m0/s1. The Bertz CT molecular complexity index is 977. The van der Waals surface area contributed by atoms with Gasteiger partial charge < -0.3 is 10.2 Å². The summed E-state index contributed by atoms with van der Waals surface area (Å²) in [6.45, 7) is 2.38. The molecule has 1 atom stereocenters. The quantitative estimate of drug-likeness (QED) is 0.809. The van der Waals surface area contributed by atoms with Gasteiger partial charge in [0.2, 0.25) is 5.91 Å². The summed E-state index contributed by atoms with van der Waals surface area (Å²) in [5, 5.41) is 3.08. The van der Waals surface area contributed by atoms with Gasteiger partial charge in [0.15, 0.2) is 0 Å². The summed E-state index contributed by atoms with van der Waals surface area (Å²) in [4.78, 5) is 41.0. The third-order valence-electron chi connectivity index (χ3n) is 5.46. The molecule has 1 saturated heterocycles. The number of nitrogens with zero attached hydrogens (tertiary/aromatic N) is 2. The van der Waals surface area contributed by atoms with E-state index in [0.717, 1.165) is 16.9 Å². The topological polar surface area (TPSA) is 69.7 Å². The minimum atomic E-state index is -1.29. The molecule has 2 heterocycles. The smallest absolute Gasteiger partial charge is 0.325 e. The minimum absolute atomic E-state index is 0.249. The molecule has 0 aromatic heterocycles. The molecule has 144 valence electrons. The molecule has 0 spiro atoms.